The molecular weight excluding hydrogens is 436 g/mol. The number of rotatable bonds is 4. The Labute approximate surface area is 192 Å². The van der Waals surface area contributed by atoms with E-state index in [1.54, 1.807) is 12.3 Å². The lowest BCUT2D eigenvalue weighted by atomic mass is 9.73. The zero-order valence-electron chi connectivity index (χ0n) is 19.2. The van der Waals surface area contributed by atoms with Crippen LogP contribution in [-0.2, 0) is 19.1 Å². The van der Waals surface area contributed by atoms with E-state index in [1.165, 1.54) is 0 Å². The molecule has 0 radical (unpaired) electrons. The molecule has 0 aliphatic carbocycles. The first-order valence-electron chi connectivity index (χ1n) is 10.3. The molecule has 2 atom stereocenters. The second-order valence-corrected chi connectivity index (χ2v) is 8.25. The van der Waals surface area contributed by atoms with Gasteiger partial charge in [0.25, 0.3) is 12.9 Å². The van der Waals surface area contributed by atoms with Crippen LogP contribution in [0.4, 0.5) is 11.8 Å². The van der Waals surface area contributed by atoms with Gasteiger partial charge in [0.15, 0.2) is 0 Å². The van der Waals surface area contributed by atoms with Crippen LogP contribution in [0.2, 0.25) is 0 Å². The first-order valence-corrected chi connectivity index (χ1v) is 10.3. The van der Waals surface area contributed by atoms with Gasteiger partial charge in [-0.15, -0.1) is 0 Å². The van der Waals surface area contributed by atoms with Crippen LogP contribution in [0.25, 0.3) is 0 Å². The number of nitrogens with zero attached hydrogens (tertiary/aromatic N) is 4. The predicted molar refractivity (Wildman–Crippen MR) is 120 cm³/mol. The number of anilines is 2. The number of piperidine rings is 1. The van der Waals surface area contributed by atoms with Crippen molar-refractivity contribution in [1.82, 2.24) is 20.2 Å². The summed E-state index contributed by atoms with van der Waals surface area (Å²) < 4.78 is 6.08. The molecule has 0 unspecified atom stereocenters. The molecule has 1 aromatic heterocycles. The van der Waals surface area contributed by atoms with Crippen LogP contribution in [0.3, 0.4) is 0 Å². The number of carbonyl (C=O) groups is 3. The van der Waals surface area contributed by atoms with Crippen molar-refractivity contribution in [2.75, 3.05) is 51.0 Å². The Morgan fingerprint density at radius 2 is 1.88 bits per heavy atom. The number of carbonyl (C=O) groups excluding carboxylic acids is 1. The average Bonchev–Trinajstić information content (AvgIpc) is 2.73. The Balaban J connectivity index is 0.000000819. The standard InChI is InChI=1S/C18H30N6O3.2CH2O2/c1-17(22-14(25)12-23(2)3)7-11-27-18(15(17)26)5-9-24(10-6-18)16-20-8-4-13(19)21-16;2*2-1-3/h4,8,15,26H,5-7,9-12H2,1-3H3,(H,22,25)(H2,19,20,21);2*1H,(H,2,3)/t15-,17+;;/m1../s1. The molecule has 2 saturated heterocycles. The number of hydrogen-bond donors (Lipinski definition) is 5. The number of nitrogen functional groups attached to an aromatic ring is 1. The number of ether oxygens (including phenoxy) is 1. The second-order valence-electron chi connectivity index (χ2n) is 8.25. The normalized spacial score (nSPS) is 23.4. The first-order chi connectivity index (χ1) is 15.6. The van der Waals surface area contributed by atoms with Crippen LogP contribution < -0.4 is 16.0 Å². The summed E-state index contributed by atoms with van der Waals surface area (Å²) in [5, 5.41) is 28.0. The lowest BCUT2D eigenvalue weighted by Crippen LogP contribution is -2.69. The Morgan fingerprint density at radius 1 is 1.30 bits per heavy atom. The SMILES string of the molecule is CN(C)CC(=O)N[C@@]1(C)CCOC2(CCN(c3nccc(N)n3)CC2)[C@@H]1O.O=CO.O=CO. The molecule has 6 N–H and O–H groups in total. The lowest BCUT2D eigenvalue weighted by Gasteiger charge is -2.53. The van der Waals surface area contributed by atoms with E-state index in [9.17, 15) is 9.90 Å². The molecule has 33 heavy (non-hydrogen) atoms. The molecule has 1 spiro atoms. The van der Waals surface area contributed by atoms with Crippen LogP contribution in [0.15, 0.2) is 12.3 Å². The van der Waals surface area contributed by atoms with Crippen molar-refractivity contribution in [3.05, 3.63) is 12.3 Å². The molecule has 3 heterocycles. The number of likely N-dealkylation sites (N-methyl/N-ethyl adjacent to an activating group) is 1. The fourth-order valence-electron chi connectivity index (χ4n) is 4.06. The fourth-order valence-corrected chi connectivity index (χ4v) is 4.06. The van der Waals surface area contributed by atoms with Gasteiger partial charge in [-0.2, -0.15) is 4.98 Å². The van der Waals surface area contributed by atoms with Crippen LogP contribution >= 0.6 is 0 Å². The summed E-state index contributed by atoms with van der Waals surface area (Å²) in [4.78, 5) is 41.4. The van der Waals surface area contributed by atoms with Gasteiger partial charge < -0.3 is 40.9 Å². The third-order valence-electron chi connectivity index (χ3n) is 5.55. The Hall–Kier alpha value is -3.03. The van der Waals surface area contributed by atoms with Crippen LogP contribution in [-0.4, -0.2) is 107 Å². The monoisotopic (exact) mass is 470 g/mol. The molecule has 0 saturated carbocycles. The number of carboxylic acid groups (broad SMARTS) is 2. The molecule has 186 valence electrons. The number of aliphatic hydroxyl groups is 1. The zero-order chi connectivity index (χ0) is 25.1. The van der Waals surface area contributed by atoms with Crippen molar-refractivity contribution in [3.8, 4) is 0 Å². The number of aromatic nitrogens is 2. The van der Waals surface area contributed by atoms with E-state index in [4.69, 9.17) is 30.3 Å². The molecule has 0 bridgehead atoms. The molecule has 2 aliphatic rings. The third-order valence-corrected chi connectivity index (χ3v) is 5.55. The van der Waals surface area contributed by atoms with E-state index in [2.05, 4.69) is 15.3 Å². The van der Waals surface area contributed by atoms with E-state index in [1.807, 2.05) is 30.8 Å². The van der Waals surface area contributed by atoms with Gasteiger partial charge in [0, 0.05) is 25.9 Å². The highest BCUT2D eigenvalue weighted by Gasteiger charge is 2.54. The number of nitrogens with one attached hydrogen (secondary N) is 1. The summed E-state index contributed by atoms with van der Waals surface area (Å²) in [5.41, 5.74) is 4.38. The predicted octanol–water partition coefficient (Wildman–Crippen LogP) is -0.983. The highest BCUT2D eigenvalue weighted by molar-refractivity contribution is 5.79. The Kier molecular flexibility index (Phi) is 10.9. The van der Waals surface area contributed by atoms with Crippen LogP contribution in [0.5, 0.6) is 0 Å². The fraction of sp³-hybridized carbons (Fsp3) is 0.650. The molecule has 2 aliphatic heterocycles. The van der Waals surface area contributed by atoms with Gasteiger partial charge in [0.1, 0.15) is 11.9 Å². The summed E-state index contributed by atoms with van der Waals surface area (Å²) in [7, 11) is 3.69. The van der Waals surface area contributed by atoms with Gasteiger partial charge >= 0.3 is 0 Å². The van der Waals surface area contributed by atoms with E-state index < -0.39 is 17.2 Å². The van der Waals surface area contributed by atoms with Crippen LogP contribution in [0.1, 0.15) is 26.2 Å². The number of aliphatic hydroxyl groups excluding tert-OH is 1. The molecule has 13 heteroatoms. The highest BCUT2D eigenvalue weighted by Crippen LogP contribution is 2.40. The van der Waals surface area contributed by atoms with Crippen molar-refractivity contribution in [1.29, 1.82) is 0 Å². The minimum Gasteiger partial charge on any atom is -0.483 e. The van der Waals surface area contributed by atoms with Crippen molar-refractivity contribution in [2.45, 2.75) is 43.4 Å². The summed E-state index contributed by atoms with van der Waals surface area (Å²) in [6.07, 6.45) is 2.70. The minimum atomic E-state index is -0.784. The maximum absolute atomic E-state index is 12.3. The molecule has 2 fully saturated rings. The maximum atomic E-state index is 12.3. The van der Waals surface area contributed by atoms with E-state index >= 15 is 0 Å². The van der Waals surface area contributed by atoms with Gasteiger partial charge in [0.05, 0.1) is 17.7 Å². The first kappa shape index (κ1) is 28.0. The van der Waals surface area contributed by atoms with E-state index in [-0.39, 0.29) is 25.4 Å². The highest BCUT2D eigenvalue weighted by atomic mass is 16.5. The summed E-state index contributed by atoms with van der Waals surface area (Å²) in [5.74, 6) is 0.937. The lowest BCUT2D eigenvalue weighted by molar-refractivity contribution is -0.198. The topological polar surface area (TPSA) is 191 Å². The molecular formula is C20H34N6O7. The molecule has 0 aromatic carbocycles. The Bertz CT molecular complexity index is 767. The van der Waals surface area contributed by atoms with Gasteiger partial charge in [-0.1, -0.05) is 0 Å². The van der Waals surface area contributed by atoms with Gasteiger partial charge in [0.2, 0.25) is 11.9 Å². The average molecular weight is 471 g/mol. The maximum Gasteiger partial charge on any atom is 0.290 e. The summed E-state index contributed by atoms with van der Waals surface area (Å²) in [6, 6.07) is 1.66. The Morgan fingerprint density at radius 3 is 2.39 bits per heavy atom. The van der Waals surface area contributed by atoms with Crippen molar-refractivity contribution in [3.63, 3.8) is 0 Å². The number of nitrogens with two attached hydrogens (primary N) is 1. The molecule has 1 amide bonds. The molecule has 1 aromatic rings. The van der Waals surface area contributed by atoms with Crippen molar-refractivity contribution < 1.29 is 34.4 Å². The zero-order valence-corrected chi connectivity index (χ0v) is 19.2. The van der Waals surface area contributed by atoms with E-state index in [0.717, 1.165) is 0 Å². The van der Waals surface area contributed by atoms with Crippen molar-refractivity contribution >= 4 is 30.6 Å². The van der Waals surface area contributed by atoms with Gasteiger partial charge in [-0.25, -0.2) is 4.98 Å². The second kappa shape index (κ2) is 12.9. The number of amides is 1. The van der Waals surface area contributed by atoms with E-state index in [0.29, 0.717) is 50.7 Å². The smallest absolute Gasteiger partial charge is 0.290 e. The molecule has 13 nitrogen and oxygen atoms in total. The third kappa shape index (κ3) is 7.80. The largest absolute Gasteiger partial charge is 0.483 e. The van der Waals surface area contributed by atoms with Crippen molar-refractivity contribution in [2.24, 2.45) is 0 Å². The number of hydrogen-bond acceptors (Lipinski definition) is 10. The molecule has 3 rings (SSSR count). The minimum absolute atomic E-state index is 0.0933. The quantitative estimate of drug-likeness (QED) is 0.338. The summed E-state index contributed by atoms with van der Waals surface area (Å²) >= 11 is 0. The van der Waals surface area contributed by atoms with Gasteiger partial charge in [-0.05, 0) is 46.3 Å². The summed E-state index contributed by atoms with van der Waals surface area (Å²) in [6.45, 7) is 3.51. The van der Waals surface area contributed by atoms with Gasteiger partial charge in [-0.3, -0.25) is 14.4 Å². The van der Waals surface area contributed by atoms with Crippen LogP contribution in [0, 0.1) is 0 Å².